The van der Waals surface area contributed by atoms with Gasteiger partial charge in [0.15, 0.2) is 0 Å². The summed E-state index contributed by atoms with van der Waals surface area (Å²) in [7, 11) is 2.97. The summed E-state index contributed by atoms with van der Waals surface area (Å²) in [5, 5.41) is 5.36. The number of thioether (sulfide) groups is 1. The summed E-state index contributed by atoms with van der Waals surface area (Å²) in [5.74, 6) is -0.277. The van der Waals surface area contributed by atoms with E-state index in [1.807, 2.05) is 0 Å². The number of nitrogens with one attached hydrogen (secondary N) is 2. The Balaban J connectivity index is 1.58. The van der Waals surface area contributed by atoms with Gasteiger partial charge in [-0.3, -0.25) is 9.59 Å². The van der Waals surface area contributed by atoms with Crippen LogP contribution < -0.4 is 20.1 Å². The molecule has 0 aliphatic heterocycles. The highest BCUT2D eigenvalue weighted by Gasteiger charge is 2.18. The molecule has 0 saturated carbocycles. The van der Waals surface area contributed by atoms with E-state index in [9.17, 15) is 14.0 Å². The largest absolute Gasteiger partial charge is 0.496 e. The number of methoxy groups -OCH3 is 2. The van der Waals surface area contributed by atoms with Crippen LogP contribution in [0.25, 0.3) is 0 Å². The van der Waals surface area contributed by atoms with Crippen molar-refractivity contribution in [1.82, 2.24) is 0 Å². The van der Waals surface area contributed by atoms with Crippen LogP contribution in [0.3, 0.4) is 0 Å². The van der Waals surface area contributed by atoms with Gasteiger partial charge < -0.3 is 20.1 Å². The number of benzene rings is 3. The quantitative estimate of drug-likeness (QED) is 0.380. The molecule has 6 nitrogen and oxygen atoms in total. The fraction of sp³-hybridized carbons (Fsp3) is 0.130. The summed E-state index contributed by atoms with van der Waals surface area (Å²) >= 11 is 4.47. The summed E-state index contributed by atoms with van der Waals surface area (Å²) in [6, 6.07) is 16.6. The molecule has 0 fully saturated rings. The van der Waals surface area contributed by atoms with Gasteiger partial charge in [0.05, 0.1) is 25.7 Å². The zero-order valence-corrected chi connectivity index (χ0v) is 19.7. The lowest BCUT2D eigenvalue weighted by Crippen LogP contribution is -2.15. The third kappa shape index (κ3) is 6.02. The highest BCUT2D eigenvalue weighted by Crippen LogP contribution is 2.29. The number of hydrogen-bond acceptors (Lipinski definition) is 5. The van der Waals surface area contributed by atoms with Gasteiger partial charge in [0, 0.05) is 15.1 Å². The molecule has 2 N–H and O–H groups in total. The first-order valence-corrected chi connectivity index (χ1v) is 11.2. The molecule has 3 rings (SSSR count). The summed E-state index contributed by atoms with van der Waals surface area (Å²) in [5.41, 5.74) is 1.00. The number of carbonyl (C=O) groups is 2. The monoisotopic (exact) mass is 518 g/mol. The van der Waals surface area contributed by atoms with Crippen molar-refractivity contribution in [1.29, 1.82) is 0 Å². The fourth-order valence-corrected chi connectivity index (χ4v) is 3.86. The smallest absolute Gasteiger partial charge is 0.263 e. The minimum atomic E-state index is -0.510. The third-order valence-electron chi connectivity index (χ3n) is 4.34. The number of carbonyl (C=O) groups excluding carboxylic acids is 2. The number of hydrogen-bond donors (Lipinski definition) is 2. The lowest BCUT2D eigenvalue weighted by molar-refractivity contribution is -0.113. The maximum Gasteiger partial charge on any atom is 0.263 e. The molecular formula is C23H20BrFN2O4S. The first-order valence-electron chi connectivity index (χ1n) is 9.41. The van der Waals surface area contributed by atoms with Gasteiger partial charge >= 0.3 is 0 Å². The van der Waals surface area contributed by atoms with E-state index in [0.29, 0.717) is 27.2 Å². The lowest BCUT2D eigenvalue weighted by atomic mass is 10.1. The molecule has 0 unspecified atom stereocenters. The zero-order chi connectivity index (χ0) is 23.1. The van der Waals surface area contributed by atoms with E-state index in [0.717, 1.165) is 4.90 Å². The SMILES string of the molecule is COc1cccc(OC)c1C(=O)Nc1ccc(SCC(=O)Nc2ccc(Br)cc2F)cc1. The molecule has 166 valence electrons. The predicted molar refractivity (Wildman–Crippen MR) is 127 cm³/mol. The lowest BCUT2D eigenvalue weighted by Gasteiger charge is -2.13. The minimum absolute atomic E-state index is 0.111. The predicted octanol–water partition coefficient (Wildman–Crippen LogP) is 5.59. The molecule has 0 bridgehead atoms. The fourth-order valence-electron chi connectivity index (χ4n) is 2.83. The van der Waals surface area contributed by atoms with Crippen molar-refractivity contribution < 1.29 is 23.5 Å². The Morgan fingerprint density at radius 1 is 0.969 bits per heavy atom. The van der Waals surface area contributed by atoms with Gasteiger partial charge in [0.2, 0.25) is 5.91 Å². The molecule has 2 amide bonds. The van der Waals surface area contributed by atoms with Gasteiger partial charge in [0.1, 0.15) is 22.9 Å². The van der Waals surface area contributed by atoms with E-state index in [2.05, 4.69) is 26.6 Å². The number of rotatable bonds is 8. The van der Waals surface area contributed by atoms with Crippen molar-refractivity contribution in [3.63, 3.8) is 0 Å². The molecule has 0 aliphatic carbocycles. The molecule has 3 aromatic carbocycles. The van der Waals surface area contributed by atoms with Gasteiger partial charge in [-0.25, -0.2) is 4.39 Å². The third-order valence-corrected chi connectivity index (χ3v) is 5.85. The first-order chi connectivity index (χ1) is 15.4. The maximum absolute atomic E-state index is 13.8. The van der Waals surface area contributed by atoms with Crippen molar-refractivity contribution in [2.45, 2.75) is 4.90 Å². The topological polar surface area (TPSA) is 76.7 Å². The zero-order valence-electron chi connectivity index (χ0n) is 17.3. The van der Waals surface area contributed by atoms with Crippen molar-refractivity contribution in [2.75, 3.05) is 30.6 Å². The van der Waals surface area contributed by atoms with Crippen molar-refractivity contribution in [3.8, 4) is 11.5 Å². The minimum Gasteiger partial charge on any atom is -0.496 e. The van der Waals surface area contributed by atoms with Crippen LogP contribution in [0.15, 0.2) is 70.0 Å². The van der Waals surface area contributed by atoms with E-state index in [1.165, 1.54) is 38.1 Å². The van der Waals surface area contributed by atoms with Crippen LogP contribution in [0.5, 0.6) is 11.5 Å². The van der Waals surface area contributed by atoms with Crippen LogP contribution in [-0.4, -0.2) is 31.8 Å². The van der Waals surface area contributed by atoms with Gasteiger partial charge in [-0.2, -0.15) is 0 Å². The summed E-state index contributed by atoms with van der Waals surface area (Å²) < 4.78 is 25.0. The normalized spacial score (nSPS) is 10.4. The molecule has 0 spiro atoms. The summed E-state index contributed by atoms with van der Waals surface area (Å²) in [6.45, 7) is 0. The molecule has 0 heterocycles. The highest BCUT2D eigenvalue weighted by atomic mass is 79.9. The maximum atomic E-state index is 13.8. The van der Waals surface area contributed by atoms with Gasteiger partial charge in [-0.05, 0) is 54.6 Å². The Hall–Kier alpha value is -3.04. The summed E-state index contributed by atoms with van der Waals surface area (Å²) in [4.78, 5) is 25.7. The molecular weight excluding hydrogens is 499 g/mol. The number of ether oxygens (including phenoxy) is 2. The number of halogens is 2. The Kier molecular flexibility index (Phi) is 8.13. The van der Waals surface area contributed by atoms with Crippen LogP contribution in [0.2, 0.25) is 0 Å². The van der Waals surface area contributed by atoms with E-state index < -0.39 is 5.82 Å². The van der Waals surface area contributed by atoms with Crippen LogP contribution in [0.4, 0.5) is 15.8 Å². The van der Waals surface area contributed by atoms with E-state index in [4.69, 9.17) is 9.47 Å². The van der Waals surface area contributed by atoms with E-state index in [1.54, 1.807) is 48.5 Å². The van der Waals surface area contributed by atoms with Crippen molar-refractivity contribution in [3.05, 3.63) is 76.5 Å². The average molecular weight is 519 g/mol. The van der Waals surface area contributed by atoms with Crippen molar-refractivity contribution in [2.24, 2.45) is 0 Å². The second-order valence-electron chi connectivity index (χ2n) is 6.48. The standard InChI is InChI=1S/C23H20BrFN2O4S/c1-30-19-4-3-5-20(31-2)22(19)23(29)26-15-7-9-16(10-8-15)32-13-21(28)27-18-11-6-14(24)12-17(18)25/h3-12H,13H2,1-2H3,(H,26,29)(H,27,28). The molecule has 0 aromatic heterocycles. The average Bonchev–Trinajstić information content (AvgIpc) is 2.79. The van der Waals surface area contributed by atoms with Gasteiger partial charge in [0.25, 0.3) is 5.91 Å². The Bertz CT molecular complexity index is 1100. The van der Waals surface area contributed by atoms with Crippen LogP contribution >= 0.6 is 27.7 Å². The molecule has 32 heavy (non-hydrogen) atoms. The molecule has 9 heteroatoms. The first kappa shape index (κ1) is 23.6. The van der Waals surface area contributed by atoms with Crippen LogP contribution in [0.1, 0.15) is 10.4 Å². The van der Waals surface area contributed by atoms with E-state index >= 15 is 0 Å². The Morgan fingerprint density at radius 2 is 1.62 bits per heavy atom. The number of anilines is 2. The highest BCUT2D eigenvalue weighted by molar-refractivity contribution is 9.10. The van der Waals surface area contributed by atoms with E-state index in [-0.39, 0.29) is 23.3 Å². The molecule has 0 aliphatic rings. The van der Waals surface area contributed by atoms with Crippen LogP contribution in [-0.2, 0) is 4.79 Å². The Labute approximate surface area is 197 Å². The molecule has 0 saturated heterocycles. The van der Waals surface area contributed by atoms with Crippen molar-refractivity contribution >= 4 is 50.9 Å². The van der Waals surface area contributed by atoms with Crippen LogP contribution in [0, 0.1) is 5.82 Å². The molecule has 0 radical (unpaired) electrons. The Morgan fingerprint density at radius 3 is 2.22 bits per heavy atom. The second kappa shape index (κ2) is 11.0. The molecule has 0 atom stereocenters. The second-order valence-corrected chi connectivity index (χ2v) is 8.44. The summed E-state index contributed by atoms with van der Waals surface area (Å²) in [6.07, 6.45) is 0. The van der Waals surface area contributed by atoms with Gasteiger partial charge in [-0.15, -0.1) is 11.8 Å². The molecule has 3 aromatic rings. The van der Waals surface area contributed by atoms with Gasteiger partial charge in [-0.1, -0.05) is 22.0 Å². The number of amides is 2.